The highest BCUT2D eigenvalue weighted by Crippen LogP contribution is 2.30. The lowest BCUT2D eigenvalue weighted by molar-refractivity contribution is -0.385. The Kier molecular flexibility index (Phi) is 4.06. The van der Waals surface area contributed by atoms with Crippen molar-refractivity contribution in [3.8, 4) is 0 Å². The molecule has 0 aliphatic heterocycles. The number of furan rings is 1. The molecule has 0 atom stereocenters. The van der Waals surface area contributed by atoms with Crippen LogP contribution in [-0.2, 0) is 6.54 Å². The van der Waals surface area contributed by atoms with Gasteiger partial charge < -0.3 is 14.6 Å². The zero-order valence-corrected chi connectivity index (χ0v) is 12.4. The average Bonchev–Trinajstić information content (AvgIpc) is 2.82. The molecule has 0 saturated heterocycles. The summed E-state index contributed by atoms with van der Waals surface area (Å²) >= 11 is 0. The van der Waals surface area contributed by atoms with Gasteiger partial charge in [0, 0.05) is 26.2 Å². The molecule has 0 fully saturated rings. The van der Waals surface area contributed by atoms with Crippen LogP contribution in [0.3, 0.4) is 0 Å². The summed E-state index contributed by atoms with van der Waals surface area (Å²) in [6.45, 7) is 3.91. The molecule has 112 valence electrons. The molecule has 0 aromatic carbocycles. The van der Waals surface area contributed by atoms with Gasteiger partial charge >= 0.3 is 5.69 Å². The van der Waals surface area contributed by atoms with Crippen molar-refractivity contribution in [3.63, 3.8) is 0 Å². The second-order valence-electron chi connectivity index (χ2n) is 4.67. The maximum absolute atomic E-state index is 11.3. The van der Waals surface area contributed by atoms with Crippen LogP contribution in [-0.4, -0.2) is 29.0 Å². The number of nitro groups is 1. The first-order valence-electron chi connectivity index (χ1n) is 6.39. The van der Waals surface area contributed by atoms with Gasteiger partial charge in [0.2, 0.25) is 11.8 Å². The van der Waals surface area contributed by atoms with E-state index >= 15 is 0 Å². The van der Waals surface area contributed by atoms with Crippen molar-refractivity contribution in [1.82, 2.24) is 9.97 Å². The number of aryl methyl sites for hydroxylation is 2. The van der Waals surface area contributed by atoms with Crippen LogP contribution in [0.2, 0.25) is 0 Å². The fraction of sp³-hybridized carbons (Fsp3) is 0.385. The Hall–Kier alpha value is -2.64. The van der Waals surface area contributed by atoms with Gasteiger partial charge in [-0.15, -0.1) is 0 Å². The van der Waals surface area contributed by atoms with Gasteiger partial charge in [0.05, 0.1) is 11.2 Å². The molecule has 0 bridgehead atoms. The number of nitrogens with zero attached hydrogens (tertiary/aromatic N) is 4. The van der Waals surface area contributed by atoms with E-state index < -0.39 is 4.92 Å². The van der Waals surface area contributed by atoms with Gasteiger partial charge in [-0.05, 0) is 19.9 Å². The van der Waals surface area contributed by atoms with Gasteiger partial charge in [-0.1, -0.05) is 0 Å². The lowest BCUT2D eigenvalue weighted by atomic mass is 10.2. The van der Waals surface area contributed by atoms with Crippen LogP contribution >= 0.6 is 0 Å². The van der Waals surface area contributed by atoms with Crippen LogP contribution in [0.1, 0.15) is 17.0 Å². The second-order valence-corrected chi connectivity index (χ2v) is 4.67. The fourth-order valence-electron chi connectivity index (χ4n) is 2.05. The van der Waals surface area contributed by atoms with Crippen LogP contribution in [0.25, 0.3) is 0 Å². The SMILES string of the molecule is CNc1nc(C)c([N+](=O)[O-])c(N(C)Cc2ccoc2C)n1. The van der Waals surface area contributed by atoms with E-state index in [1.807, 2.05) is 13.0 Å². The Morgan fingerprint density at radius 1 is 1.43 bits per heavy atom. The predicted octanol–water partition coefficient (Wildman–Crippen LogP) is 2.27. The Morgan fingerprint density at radius 2 is 2.14 bits per heavy atom. The quantitative estimate of drug-likeness (QED) is 0.666. The summed E-state index contributed by atoms with van der Waals surface area (Å²) in [6, 6.07) is 1.84. The summed E-state index contributed by atoms with van der Waals surface area (Å²) in [4.78, 5) is 20.8. The summed E-state index contributed by atoms with van der Waals surface area (Å²) < 4.78 is 5.24. The Balaban J connectivity index is 2.43. The highest BCUT2D eigenvalue weighted by molar-refractivity contribution is 5.62. The molecule has 8 nitrogen and oxygen atoms in total. The van der Waals surface area contributed by atoms with Crippen molar-refractivity contribution in [1.29, 1.82) is 0 Å². The minimum Gasteiger partial charge on any atom is -0.469 e. The third-order valence-corrected chi connectivity index (χ3v) is 3.18. The normalized spacial score (nSPS) is 10.5. The zero-order valence-electron chi connectivity index (χ0n) is 12.4. The Morgan fingerprint density at radius 3 is 2.67 bits per heavy atom. The molecular weight excluding hydrogens is 274 g/mol. The largest absolute Gasteiger partial charge is 0.469 e. The number of anilines is 2. The van der Waals surface area contributed by atoms with Crippen molar-refractivity contribution in [3.05, 3.63) is 39.5 Å². The van der Waals surface area contributed by atoms with E-state index in [0.29, 0.717) is 18.2 Å². The van der Waals surface area contributed by atoms with Gasteiger partial charge in [-0.25, -0.2) is 4.98 Å². The van der Waals surface area contributed by atoms with Crippen LogP contribution in [0, 0.1) is 24.0 Å². The van der Waals surface area contributed by atoms with E-state index in [0.717, 1.165) is 11.3 Å². The highest BCUT2D eigenvalue weighted by Gasteiger charge is 2.25. The summed E-state index contributed by atoms with van der Waals surface area (Å²) in [6.07, 6.45) is 1.59. The number of rotatable bonds is 5. The lowest BCUT2D eigenvalue weighted by Gasteiger charge is -2.18. The molecule has 2 rings (SSSR count). The number of hydrogen-bond donors (Lipinski definition) is 1. The molecule has 1 N–H and O–H groups in total. The summed E-state index contributed by atoms with van der Waals surface area (Å²) in [7, 11) is 3.42. The van der Waals surface area contributed by atoms with Gasteiger partial charge in [-0.3, -0.25) is 10.1 Å². The van der Waals surface area contributed by atoms with Gasteiger partial charge in [0.1, 0.15) is 11.5 Å². The number of aromatic nitrogens is 2. The summed E-state index contributed by atoms with van der Waals surface area (Å²) in [5, 5.41) is 14.1. The Labute approximate surface area is 122 Å². The van der Waals surface area contributed by atoms with Crippen molar-refractivity contribution in [2.45, 2.75) is 20.4 Å². The van der Waals surface area contributed by atoms with Crippen molar-refractivity contribution < 1.29 is 9.34 Å². The number of nitrogens with one attached hydrogen (secondary N) is 1. The monoisotopic (exact) mass is 291 g/mol. The van der Waals surface area contributed by atoms with Crippen LogP contribution in [0.4, 0.5) is 17.5 Å². The molecule has 0 spiro atoms. The van der Waals surface area contributed by atoms with Crippen molar-refractivity contribution in [2.75, 3.05) is 24.3 Å². The molecule has 2 aromatic heterocycles. The Bertz CT molecular complexity index is 668. The first-order chi connectivity index (χ1) is 9.93. The van der Waals surface area contributed by atoms with Gasteiger partial charge in [0.25, 0.3) is 0 Å². The fourth-order valence-corrected chi connectivity index (χ4v) is 2.05. The first kappa shape index (κ1) is 14.8. The van der Waals surface area contributed by atoms with Crippen LogP contribution < -0.4 is 10.2 Å². The molecule has 8 heteroatoms. The molecule has 0 unspecified atom stereocenters. The molecule has 2 aromatic rings. The summed E-state index contributed by atoms with van der Waals surface area (Å²) in [5.74, 6) is 1.41. The lowest BCUT2D eigenvalue weighted by Crippen LogP contribution is -2.21. The predicted molar refractivity (Wildman–Crippen MR) is 78.5 cm³/mol. The molecule has 0 aliphatic rings. The van der Waals surface area contributed by atoms with E-state index in [-0.39, 0.29) is 11.5 Å². The third-order valence-electron chi connectivity index (χ3n) is 3.18. The van der Waals surface area contributed by atoms with Crippen LogP contribution in [0.15, 0.2) is 16.7 Å². The molecule has 2 heterocycles. The minimum absolute atomic E-state index is 0.0855. The number of hydrogen-bond acceptors (Lipinski definition) is 7. The van der Waals surface area contributed by atoms with Gasteiger partial charge in [0.15, 0.2) is 0 Å². The molecule has 21 heavy (non-hydrogen) atoms. The standard InChI is InChI=1S/C13H17N5O3/c1-8-11(18(19)20)12(16-13(14-3)15-8)17(4)7-10-5-6-21-9(10)2/h5-6H,7H2,1-4H3,(H,14,15,16). The molecule has 0 aliphatic carbocycles. The smallest absolute Gasteiger partial charge is 0.332 e. The van der Waals surface area contributed by atoms with E-state index in [1.165, 1.54) is 0 Å². The molecule has 0 amide bonds. The maximum Gasteiger partial charge on any atom is 0.332 e. The van der Waals surface area contributed by atoms with Crippen molar-refractivity contribution in [2.24, 2.45) is 0 Å². The topological polar surface area (TPSA) is 97.3 Å². The molecular formula is C13H17N5O3. The van der Waals surface area contributed by atoms with E-state index in [1.54, 1.807) is 32.2 Å². The van der Waals surface area contributed by atoms with E-state index in [2.05, 4.69) is 15.3 Å². The second kappa shape index (κ2) is 5.78. The molecule has 0 saturated carbocycles. The highest BCUT2D eigenvalue weighted by atomic mass is 16.6. The molecule has 0 radical (unpaired) electrons. The summed E-state index contributed by atoms with van der Waals surface area (Å²) in [5.41, 5.74) is 1.19. The van der Waals surface area contributed by atoms with Crippen molar-refractivity contribution >= 4 is 17.5 Å². The van der Waals surface area contributed by atoms with Gasteiger partial charge in [-0.2, -0.15) is 4.98 Å². The maximum atomic E-state index is 11.3. The average molecular weight is 291 g/mol. The third kappa shape index (κ3) is 2.93. The van der Waals surface area contributed by atoms with E-state index in [4.69, 9.17) is 4.42 Å². The van der Waals surface area contributed by atoms with Crippen LogP contribution in [0.5, 0.6) is 0 Å². The minimum atomic E-state index is -0.456. The van der Waals surface area contributed by atoms with E-state index in [9.17, 15) is 10.1 Å². The first-order valence-corrected chi connectivity index (χ1v) is 6.39. The zero-order chi connectivity index (χ0) is 15.6.